The number of aromatic nitrogens is 3. The highest BCUT2D eigenvalue weighted by Gasteiger charge is 2.35. The number of carbonyl (C=O) groups is 3. The van der Waals surface area contributed by atoms with Crippen molar-refractivity contribution in [2.45, 2.75) is 43.1 Å². The van der Waals surface area contributed by atoms with Gasteiger partial charge in [0, 0.05) is 19.7 Å². The van der Waals surface area contributed by atoms with E-state index in [-0.39, 0.29) is 30.1 Å². The van der Waals surface area contributed by atoms with E-state index < -0.39 is 12.0 Å². The molecule has 4 rings (SSSR count). The van der Waals surface area contributed by atoms with E-state index in [0.29, 0.717) is 24.8 Å². The SMILES string of the molecule is COC(=O)CC1C(=O)NCCN1C(=O)CSc1nnc(-c2cccs2)n1CC1CCCO1. The van der Waals surface area contributed by atoms with E-state index in [0.717, 1.165) is 30.2 Å². The fraction of sp³-hybridized carbons (Fsp3) is 0.550. The summed E-state index contributed by atoms with van der Waals surface area (Å²) in [6, 6.07) is 3.09. The molecule has 2 aliphatic heterocycles. The van der Waals surface area contributed by atoms with Crippen molar-refractivity contribution in [1.82, 2.24) is 25.0 Å². The number of rotatable bonds is 8. The summed E-state index contributed by atoms with van der Waals surface area (Å²) in [5.74, 6) is -0.274. The van der Waals surface area contributed by atoms with Crippen molar-refractivity contribution in [1.29, 1.82) is 0 Å². The Bertz CT molecular complexity index is 958. The van der Waals surface area contributed by atoms with Crippen molar-refractivity contribution < 1.29 is 23.9 Å². The van der Waals surface area contributed by atoms with E-state index in [4.69, 9.17) is 4.74 Å². The fourth-order valence-electron chi connectivity index (χ4n) is 3.81. The standard InChI is InChI=1S/C20H25N5O5S2/c1-29-17(27)10-14-19(28)21-6-7-24(14)16(26)12-32-20-23-22-18(15-5-3-9-31-15)25(20)11-13-4-2-8-30-13/h3,5,9,13-14H,2,4,6-8,10-12H2,1H3,(H,21,28). The van der Waals surface area contributed by atoms with E-state index in [1.807, 2.05) is 22.1 Å². The van der Waals surface area contributed by atoms with E-state index in [9.17, 15) is 14.4 Å². The van der Waals surface area contributed by atoms with Crippen LogP contribution in [0.3, 0.4) is 0 Å². The van der Waals surface area contributed by atoms with E-state index in [1.54, 1.807) is 11.3 Å². The minimum atomic E-state index is -0.865. The van der Waals surface area contributed by atoms with Crippen LogP contribution in [0.15, 0.2) is 22.7 Å². The molecule has 0 aromatic carbocycles. The second-order valence-electron chi connectivity index (χ2n) is 7.49. The van der Waals surface area contributed by atoms with Crippen molar-refractivity contribution >= 4 is 40.9 Å². The molecule has 12 heteroatoms. The molecule has 32 heavy (non-hydrogen) atoms. The second kappa shape index (κ2) is 10.5. The lowest BCUT2D eigenvalue weighted by Gasteiger charge is -2.34. The van der Waals surface area contributed by atoms with Gasteiger partial charge in [0.15, 0.2) is 11.0 Å². The number of carbonyl (C=O) groups excluding carboxylic acids is 3. The van der Waals surface area contributed by atoms with Crippen LogP contribution in [0.5, 0.6) is 0 Å². The number of nitrogens with zero attached hydrogens (tertiary/aromatic N) is 4. The smallest absolute Gasteiger partial charge is 0.308 e. The molecule has 0 bridgehead atoms. The lowest BCUT2D eigenvalue weighted by Crippen LogP contribution is -2.58. The molecular weight excluding hydrogens is 454 g/mol. The zero-order valence-corrected chi connectivity index (χ0v) is 19.3. The number of hydrogen-bond donors (Lipinski definition) is 1. The van der Waals surface area contributed by atoms with E-state index in [1.165, 1.54) is 23.8 Å². The molecule has 2 saturated heterocycles. The molecule has 10 nitrogen and oxygen atoms in total. The third-order valence-electron chi connectivity index (χ3n) is 5.43. The van der Waals surface area contributed by atoms with Crippen LogP contribution in [0.2, 0.25) is 0 Å². The minimum absolute atomic E-state index is 0.0824. The lowest BCUT2D eigenvalue weighted by molar-refractivity contribution is -0.149. The molecule has 2 unspecified atom stereocenters. The molecule has 2 aromatic heterocycles. The number of thiophene rings is 1. The average molecular weight is 480 g/mol. The quantitative estimate of drug-likeness (QED) is 0.443. The summed E-state index contributed by atoms with van der Waals surface area (Å²) in [5, 5.41) is 14.0. The van der Waals surface area contributed by atoms with Crippen molar-refractivity contribution in [3.05, 3.63) is 17.5 Å². The molecule has 2 atom stereocenters. The summed E-state index contributed by atoms with van der Waals surface area (Å²) in [4.78, 5) is 39.4. The summed E-state index contributed by atoms with van der Waals surface area (Å²) < 4.78 is 12.5. The van der Waals surface area contributed by atoms with Crippen LogP contribution in [0.1, 0.15) is 19.3 Å². The van der Waals surface area contributed by atoms with Crippen LogP contribution in [-0.4, -0.2) is 82.2 Å². The molecule has 0 saturated carbocycles. The summed E-state index contributed by atoms with van der Waals surface area (Å²) in [5.41, 5.74) is 0. The lowest BCUT2D eigenvalue weighted by atomic mass is 10.1. The van der Waals surface area contributed by atoms with Crippen LogP contribution in [-0.2, 0) is 30.4 Å². The van der Waals surface area contributed by atoms with Crippen LogP contribution >= 0.6 is 23.1 Å². The number of piperazine rings is 1. The highest BCUT2D eigenvalue weighted by molar-refractivity contribution is 7.99. The van der Waals surface area contributed by atoms with E-state index in [2.05, 4.69) is 20.3 Å². The zero-order valence-electron chi connectivity index (χ0n) is 17.7. The maximum absolute atomic E-state index is 13.0. The Morgan fingerprint density at radius 1 is 1.41 bits per heavy atom. The van der Waals surface area contributed by atoms with Crippen LogP contribution in [0.4, 0.5) is 0 Å². The Morgan fingerprint density at radius 3 is 3.00 bits per heavy atom. The minimum Gasteiger partial charge on any atom is -0.469 e. The number of methoxy groups -OCH3 is 1. The van der Waals surface area contributed by atoms with Gasteiger partial charge in [0.2, 0.25) is 11.8 Å². The van der Waals surface area contributed by atoms with Crippen molar-refractivity contribution in [3.8, 4) is 10.7 Å². The van der Waals surface area contributed by atoms with Gasteiger partial charge >= 0.3 is 5.97 Å². The first-order valence-electron chi connectivity index (χ1n) is 10.4. The normalized spacial score (nSPS) is 20.9. The number of amides is 2. The first-order chi connectivity index (χ1) is 15.6. The maximum Gasteiger partial charge on any atom is 0.308 e. The molecule has 0 spiro atoms. The summed E-state index contributed by atoms with van der Waals surface area (Å²) in [6.45, 7) is 2.06. The Kier molecular flexibility index (Phi) is 7.43. The molecule has 2 aliphatic rings. The monoisotopic (exact) mass is 479 g/mol. The number of hydrogen-bond acceptors (Lipinski definition) is 9. The Balaban J connectivity index is 1.48. The first kappa shape index (κ1) is 22.7. The predicted octanol–water partition coefficient (Wildman–Crippen LogP) is 1.17. The summed E-state index contributed by atoms with van der Waals surface area (Å²) in [6.07, 6.45) is 1.93. The van der Waals surface area contributed by atoms with Gasteiger partial charge in [-0.2, -0.15) is 0 Å². The summed E-state index contributed by atoms with van der Waals surface area (Å²) in [7, 11) is 1.26. The fourth-order valence-corrected chi connectivity index (χ4v) is 5.36. The van der Waals surface area contributed by atoms with Gasteiger partial charge in [-0.25, -0.2) is 0 Å². The number of esters is 1. The van der Waals surface area contributed by atoms with Gasteiger partial charge in [-0.1, -0.05) is 17.8 Å². The molecule has 2 aromatic rings. The highest BCUT2D eigenvalue weighted by atomic mass is 32.2. The molecule has 2 amide bonds. The summed E-state index contributed by atoms with van der Waals surface area (Å²) >= 11 is 2.86. The van der Waals surface area contributed by atoms with Crippen LogP contribution in [0, 0.1) is 0 Å². The zero-order chi connectivity index (χ0) is 22.5. The number of ether oxygens (including phenoxy) is 2. The predicted molar refractivity (Wildman–Crippen MR) is 118 cm³/mol. The Hall–Kier alpha value is -2.44. The maximum atomic E-state index is 13.0. The third-order valence-corrected chi connectivity index (χ3v) is 7.25. The molecule has 0 radical (unpaired) electrons. The molecule has 172 valence electrons. The Morgan fingerprint density at radius 2 is 2.28 bits per heavy atom. The molecule has 4 heterocycles. The molecule has 1 N–H and O–H groups in total. The molecular formula is C20H25N5O5S2. The molecule has 0 aliphatic carbocycles. The highest BCUT2D eigenvalue weighted by Crippen LogP contribution is 2.29. The van der Waals surface area contributed by atoms with Gasteiger partial charge in [-0.15, -0.1) is 21.5 Å². The second-order valence-corrected chi connectivity index (χ2v) is 9.38. The van der Waals surface area contributed by atoms with Crippen molar-refractivity contribution in [3.63, 3.8) is 0 Å². The average Bonchev–Trinajstić information content (AvgIpc) is 3.56. The van der Waals surface area contributed by atoms with Gasteiger partial charge in [0.05, 0.1) is 36.8 Å². The van der Waals surface area contributed by atoms with E-state index >= 15 is 0 Å². The number of nitrogens with one attached hydrogen (secondary N) is 1. The van der Waals surface area contributed by atoms with Gasteiger partial charge in [0.1, 0.15) is 6.04 Å². The van der Waals surface area contributed by atoms with Crippen molar-refractivity contribution in [2.24, 2.45) is 0 Å². The van der Waals surface area contributed by atoms with Gasteiger partial charge in [0.25, 0.3) is 0 Å². The first-order valence-corrected chi connectivity index (χ1v) is 12.3. The van der Waals surface area contributed by atoms with Crippen LogP contribution in [0.25, 0.3) is 10.7 Å². The third kappa shape index (κ3) is 5.13. The largest absolute Gasteiger partial charge is 0.469 e. The molecule has 2 fully saturated rings. The van der Waals surface area contributed by atoms with Gasteiger partial charge in [-0.05, 0) is 24.3 Å². The topological polar surface area (TPSA) is 116 Å². The van der Waals surface area contributed by atoms with Gasteiger partial charge in [-0.3, -0.25) is 19.0 Å². The van der Waals surface area contributed by atoms with Crippen molar-refractivity contribution in [2.75, 3.05) is 32.6 Å². The van der Waals surface area contributed by atoms with Gasteiger partial charge < -0.3 is 19.7 Å². The van der Waals surface area contributed by atoms with Crippen LogP contribution < -0.4 is 5.32 Å². The Labute approximate surface area is 193 Å². The number of thioether (sulfide) groups is 1.